The van der Waals surface area contributed by atoms with Crippen LogP contribution in [0.5, 0.6) is 0 Å². The lowest BCUT2D eigenvalue weighted by Gasteiger charge is -2.31. The summed E-state index contributed by atoms with van der Waals surface area (Å²) in [5, 5.41) is 8.98. The Hall–Kier alpha value is -1.10. The first-order chi connectivity index (χ1) is 10.2. The maximum atomic E-state index is 12.2. The zero-order valence-corrected chi connectivity index (χ0v) is 12.9. The molecule has 1 amide bonds. The van der Waals surface area contributed by atoms with E-state index in [9.17, 15) is 9.59 Å². The molecule has 0 saturated carbocycles. The first kappa shape index (κ1) is 16.3. The van der Waals surface area contributed by atoms with E-state index < -0.39 is 5.97 Å². The summed E-state index contributed by atoms with van der Waals surface area (Å²) < 4.78 is 0. The number of carboxylic acid groups (broad SMARTS) is 1. The number of hydrogen-bond acceptors (Lipinski definition) is 3. The molecule has 5 nitrogen and oxygen atoms in total. The second kappa shape index (κ2) is 8.37. The van der Waals surface area contributed by atoms with E-state index >= 15 is 0 Å². The SMILES string of the molecule is O=C(O)C1CCN(C(=O)CCN2CCCCCCC2)CC1. The molecule has 0 aromatic carbocycles. The Balaban J connectivity index is 1.68. The van der Waals surface area contributed by atoms with Crippen molar-refractivity contribution < 1.29 is 14.7 Å². The van der Waals surface area contributed by atoms with Crippen LogP contribution in [0, 0.1) is 5.92 Å². The summed E-state index contributed by atoms with van der Waals surface area (Å²) >= 11 is 0. The molecule has 2 rings (SSSR count). The van der Waals surface area contributed by atoms with Gasteiger partial charge >= 0.3 is 5.97 Å². The van der Waals surface area contributed by atoms with Gasteiger partial charge in [0.1, 0.15) is 0 Å². The lowest BCUT2D eigenvalue weighted by Crippen LogP contribution is -2.41. The molecule has 120 valence electrons. The van der Waals surface area contributed by atoms with Crippen LogP contribution in [-0.4, -0.2) is 59.5 Å². The maximum Gasteiger partial charge on any atom is 0.306 e. The van der Waals surface area contributed by atoms with Crippen molar-refractivity contribution in [2.45, 2.75) is 51.4 Å². The highest BCUT2D eigenvalue weighted by molar-refractivity contribution is 5.77. The van der Waals surface area contributed by atoms with Gasteiger partial charge in [-0.25, -0.2) is 0 Å². The topological polar surface area (TPSA) is 60.9 Å². The van der Waals surface area contributed by atoms with E-state index in [-0.39, 0.29) is 11.8 Å². The van der Waals surface area contributed by atoms with Gasteiger partial charge in [0.2, 0.25) is 5.91 Å². The van der Waals surface area contributed by atoms with E-state index in [0.717, 1.165) is 19.6 Å². The third kappa shape index (κ3) is 5.30. The minimum atomic E-state index is -0.720. The smallest absolute Gasteiger partial charge is 0.306 e. The third-order valence-electron chi connectivity index (χ3n) is 4.79. The molecule has 0 radical (unpaired) electrons. The van der Waals surface area contributed by atoms with Crippen molar-refractivity contribution in [1.29, 1.82) is 0 Å². The van der Waals surface area contributed by atoms with Gasteiger partial charge < -0.3 is 14.9 Å². The van der Waals surface area contributed by atoms with Crippen molar-refractivity contribution in [3.63, 3.8) is 0 Å². The summed E-state index contributed by atoms with van der Waals surface area (Å²) in [4.78, 5) is 27.4. The standard InChI is InChI=1S/C16H28N2O3/c19-15(18-12-6-14(7-13-18)16(20)21)8-11-17-9-4-2-1-3-5-10-17/h14H,1-13H2,(H,20,21). The number of amides is 1. The molecule has 5 heteroatoms. The summed E-state index contributed by atoms with van der Waals surface area (Å²) in [7, 11) is 0. The van der Waals surface area contributed by atoms with Crippen molar-refractivity contribution in [3.8, 4) is 0 Å². The molecule has 0 atom stereocenters. The van der Waals surface area contributed by atoms with Crippen LogP contribution in [0.2, 0.25) is 0 Å². The third-order valence-corrected chi connectivity index (χ3v) is 4.79. The molecule has 0 spiro atoms. The van der Waals surface area contributed by atoms with Crippen molar-refractivity contribution >= 4 is 11.9 Å². The Bertz CT molecular complexity index is 343. The fourth-order valence-electron chi connectivity index (χ4n) is 3.32. The van der Waals surface area contributed by atoms with E-state index in [4.69, 9.17) is 5.11 Å². The molecule has 0 aromatic heterocycles. The summed E-state index contributed by atoms with van der Waals surface area (Å²) in [6.07, 6.45) is 8.26. The zero-order valence-electron chi connectivity index (χ0n) is 12.9. The quantitative estimate of drug-likeness (QED) is 0.861. The molecule has 2 aliphatic heterocycles. The van der Waals surface area contributed by atoms with Gasteiger partial charge in [-0.2, -0.15) is 0 Å². The van der Waals surface area contributed by atoms with E-state index in [1.54, 1.807) is 0 Å². The Kier molecular flexibility index (Phi) is 6.49. The normalized spacial score (nSPS) is 22.6. The van der Waals surface area contributed by atoms with Crippen molar-refractivity contribution in [3.05, 3.63) is 0 Å². The summed E-state index contributed by atoms with van der Waals surface area (Å²) in [6, 6.07) is 0. The van der Waals surface area contributed by atoms with Crippen molar-refractivity contribution in [2.24, 2.45) is 5.92 Å². The number of nitrogens with zero attached hydrogens (tertiary/aromatic N) is 2. The molecule has 0 bridgehead atoms. The van der Waals surface area contributed by atoms with Gasteiger partial charge in [0.25, 0.3) is 0 Å². The van der Waals surface area contributed by atoms with Gasteiger partial charge in [-0.05, 0) is 38.8 Å². The lowest BCUT2D eigenvalue weighted by molar-refractivity contribution is -0.145. The highest BCUT2D eigenvalue weighted by Crippen LogP contribution is 2.18. The van der Waals surface area contributed by atoms with Crippen LogP contribution in [0.3, 0.4) is 0 Å². The number of carbonyl (C=O) groups excluding carboxylic acids is 1. The predicted molar refractivity (Wildman–Crippen MR) is 81.1 cm³/mol. The second-order valence-corrected chi connectivity index (χ2v) is 6.35. The zero-order chi connectivity index (χ0) is 15.1. The molecule has 0 aliphatic carbocycles. The molecule has 0 unspecified atom stereocenters. The lowest BCUT2D eigenvalue weighted by atomic mass is 9.97. The van der Waals surface area contributed by atoms with E-state index in [1.165, 1.54) is 32.1 Å². The first-order valence-corrected chi connectivity index (χ1v) is 8.40. The first-order valence-electron chi connectivity index (χ1n) is 8.40. The Morgan fingerprint density at radius 2 is 1.48 bits per heavy atom. The molecule has 2 fully saturated rings. The number of hydrogen-bond donors (Lipinski definition) is 1. The van der Waals surface area contributed by atoms with Crippen molar-refractivity contribution in [2.75, 3.05) is 32.7 Å². The minimum Gasteiger partial charge on any atom is -0.481 e. The Morgan fingerprint density at radius 1 is 0.905 bits per heavy atom. The fraction of sp³-hybridized carbons (Fsp3) is 0.875. The largest absolute Gasteiger partial charge is 0.481 e. The highest BCUT2D eigenvalue weighted by Gasteiger charge is 2.26. The molecule has 0 aromatic rings. The van der Waals surface area contributed by atoms with Gasteiger partial charge in [-0.3, -0.25) is 9.59 Å². The fourth-order valence-corrected chi connectivity index (χ4v) is 3.32. The summed E-state index contributed by atoms with van der Waals surface area (Å²) in [6.45, 7) is 4.31. The molecular weight excluding hydrogens is 268 g/mol. The molecule has 21 heavy (non-hydrogen) atoms. The number of piperidine rings is 1. The molecule has 1 N–H and O–H groups in total. The van der Waals surface area contributed by atoms with Crippen molar-refractivity contribution in [1.82, 2.24) is 9.80 Å². The van der Waals surface area contributed by atoms with Gasteiger partial charge in [0, 0.05) is 26.1 Å². The minimum absolute atomic E-state index is 0.195. The van der Waals surface area contributed by atoms with Crippen LogP contribution in [0.25, 0.3) is 0 Å². The molecule has 2 saturated heterocycles. The molecule has 2 heterocycles. The predicted octanol–water partition coefficient (Wildman–Crippen LogP) is 1.97. The number of carbonyl (C=O) groups is 2. The number of aliphatic carboxylic acids is 1. The van der Waals surface area contributed by atoms with E-state index in [1.807, 2.05) is 4.90 Å². The summed E-state index contributed by atoms with van der Waals surface area (Å²) in [5.74, 6) is -0.785. The Morgan fingerprint density at radius 3 is 2.05 bits per heavy atom. The van der Waals surface area contributed by atoms with E-state index in [2.05, 4.69) is 4.90 Å². The maximum absolute atomic E-state index is 12.2. The van der Waals surface area contributed by atoms with Crippen LogP contribution in [0.1, 0.15) is 51.4 Å². The van der Waals surface area contributed by atoms with Gasteiger partial charge in [0.15, 0.2) is 0 Å². The van der Waals surface area contributed by atoms with E-state index in [0.29, 0.717) is 32.4 Å². The monoisotopic (exact) mass is 296 g/mol. The molecule has 2 aliphatic rings. The van der Waals surface area contributed by atoms with Crippen LogP contribution in [0.4, 0.5) is 0 Å². The van der Waals surface area contributed by atoms with Gasteiger partial charge in [-0.15, -0.1) is 0 Å². The van der Waals surface area contributed by atoms with Crippen LogP contribution < -0.4 is 0 Å². The van der Waals surface area contributed by atoms with Crippen LogP contribution in [-0.2, 0) is 9.59 Å². The number of likely N-dealkylation sites (tertiary alicyclic amines) is 2. The molecular formula is C16H28N2O3. The average molecular weight is 296 g/mol. The number of carboxylic acids is 1. The number of rotatable bonds is 4. The summed E-state index contributed by atoms with van der Waals surface area (Å²) in [5.41, 5.74) is 0. The van der Waals surface area contributed by atoms with Gasteiger partial charge in [0.05, 0.1) is 5.92 Å². The van der Waals surface area contributed by atoms with Crippen LogP contribution in [0.15, 0.2) is 0 Å². The average Bonchev–Trinajstić information content (AvgIpc) is 2.46. The highest BCUT2D eigenvalue weighted by atomic mass is 16.4. The van der Waals surface area contributed by atoms with Crippen LogP contribution >= 0.6 is 0 Å². The van der Waals surface area contributed by atoms with Gasteiger partial charge in [-0.1, -0.05) is 19.3 Å². The second-order valence-electron chi connectivity index (χ2n) is 6.35. The Labute approximate surface area is 127 Å².